The highest BCUT2D eigenvalue weighted by Gasteiger charge is 2.36. The Morgan fingerprint density at radius 3 is 0.881 bits per heavy atom. The number of aromatic carboxylic acids is 1. The average molecular weight is 1890 g/mol. The summed E-state index contributed by atoms with van der Waals surface area (Å²) in [4.78, 5) is 54.0. The average Bonchev–Trinajstić information content (AvgIpc) is 0.811. The Bertz CT molecular complexity index is 5340. The zero-order valence-corrected chi connectivity index (χ0v) is 77.9. The second-order valence-corrected chi connectivity index (χ2v) is 39.5. The van der Waals surface area contributed by atoms with Crippen molar-refractivity contribution in [3.8, 4) is 5.75 Å². The lowest BCUT2D eigenvalue weighted by Crippen LogP contribution is -2.37. The standard InChI is InChI=1S/C22H19Cl2O2S.C19H12F5S.C18H12Cl3S.C18H12F3S.C11H14O2.C7H14O2.C6H12O2/c1-14-12-21(13-15(2)22(14)26-16(3)25)27(19-8-4-17(23)5-9-19)20-10-6-18(24)7-11-20;20-14-3-9-17(10-4-14)25(18-11-5-15(21)6-12-18)16-7-1-13(2-8-16)19(22,23)24;19-13-1-7-16(8-2-13)22(17-9-3-14(20)4-10-17)18-11-5-15(21)6-12-18;19-13-4-1-7-16(10-13)22(17-8-2-5-14(20)11-17)18-9-3-6-15(21)12-18;1-3-8(2)9-4-6-10(7-5-9)11(12)13;1-5-7(2,3)6(8)9-4;1-4-6(2,3)5(7)8/h4-13H,1-3H3;1-12H;2*1-12H;4-8H,3H2,1-2H3,(H,12,13);5H2,1-4H3;4H2,1-3H3,(H,7,8)/q4*+1;;;/p-2. The van der Waals surface area contributed by atoms with Crippen LogP contribution in [0.15, 0.2) is 362 Å². The molecule has 658 valence electrons. The number of carbonyl (C=O) groups excluding carboxylic acids is 4. The van der Waals surface area contributed by atoms with Crippen molar-refractivity contribution in [1.82, 2.24) is 0 Å². The molecule has 0 saturated carbocycles. The molecule has 1 unspecified atom stereocenters. The summed E-state index contributed by atoms with van der Waals surface area (Å²) in [5, 5.41) is 24.2. The molecule has 126 heavy (non-hydrogen) atoms. The minimum absolute atomic E-state index is 0.134. The SMILES string of the molecule is CC(=O)Oc1c(C)cc([S+](c2ccc(Cl)cc2)c2ccc(Cl)cc2)cc1C.CCC(C)(C)C(=O)OC.CCC(C)(C)C(=O)[O-].CCC(C)c1ccc(C(=O)[O-])cc1.Clc1ccc([S+](c2ccc(Cl)cc2)c2ccc(Cl)cc2)cc1.Fc1ccc([S+](c2ccc(F)cc2)c2ccc(C(F)(F)F)cc2)cc1.Fc1cccc([S+](c2cccc(F)c2)c2cccc(F)c2)c1. The molecule has 0 amide bonds. The monoisotopic (exact) mass is 1890 g/mol. The smallest absolute Gasteiger partial charge is 0.416 e. The van der Waals surface area contributed by atoms with E-state index >= 15 is 0 Å². The zero-order chi connectivity index (χ0) is 92.8. The van der Waals surface area contributed by atoms with Crippen molar-refractivity contribution in [2.45, 2.75) is 166 Å². The fourth-order valence-electron chi connectivity index (χ4n) is 11.3. The first kappa shape index (κ1) is 103. The largest absolute Gasteiger partial charge is 0.550 e. The third-order valence-electron chi connectivity index (χ3n) is 19.2. The van der Waals surface area contributed by atoms with Crippen LogP contribution in [0.5, 0.6) is 5.75 Å². The number of aryl methyl sites for hydroxylation is 2. The van der Waals surface area contributed by atoms with Crippen molar-refractivity contribution in [2.75, 3.05) is 7.11 Å². The second kappa shape index (κ2) is 49.4. The van der Waals surface area contributed by atoms with Crippen molar-refractivity contribution < 1.29 is 74.0 Å². The van der Waals surface area contributed by atoms with Crippen LogP contribution in [0.25, 0.3) is 0 Å². The second-order valence-electron chi connectivity index (χ2n) is 29.2. The number of ether oxygens (including phenoxy) is 2. The summed E-state index contributed by atoms with van der Waals surface area (Å²) in [5.41, 5.74) is 1.58. The van der Waals surface area contributed by atoms with Gasteiger partial charge in [0.1, 0.15) is 34.8 Å². The van der Waals surface area contributed by atoms with Gasteiger partial charge in [0, 0.05) is 73.8 Å². The van der Waals surface area contributed by atoms with Crippen LogP contribution in [0.2, 0.25) is 25.1 Å². The molecule has 0 aliphatic rings. The van der Waals surface area contributed by atoms with Crippen molar-refractivity contribution in [3.63, 3.8) is 0 Å². The lowest BCUT2D eigenvalue weighted by Gasteiger charge is -2.22. The minimum atomic E-state index is -4.41. The van der Waals surface area contributed by atoms with Gasteiger partial charge in [-0.3, -0.25) is 9.59 Å². The van der Waals surface area contributed by atoms with E-state index < -0.39 is 62.5 Å². The van der Waals surface area contributed by atoms with Gasteiger partial charge in [-0.25, -0.2) is 22.0 Å². The van der Waals surface area contributed by atoms with Gasteiger partial charge in [-0.15, -0.1) is 0 Å². The van der Waals surface area contributed by atoms with Crippen LogP contribution >= 0.6 is 58.0 Å². The van der Waals surface area contributed by atoms with E-state index in [4.69, 9.17) is 62.7 Å². The van der Waals surface area contributed by atoms with Crippen LogP contribution in [-0.4, -0.2) is 31.0 Å². The van der Waals surface area contributed by atoms with Crippen molar-refractivity contribution >= 4 is 125 Å². The normalized spacial score (nSPS) is 11.3. The lowest BCUT2D eigenvalue weighted by molar-refractivity contribution is -0.317. The van der Waals surface area contributed by atoms with Crippen LogP contribution in [-0.2, 0) is 68.9 Å². The maximum absolute atomic E-state index is 13.6. The van der Waals surface area contributed by atoms with E-state index in [0.717, 1.165) is 75.6 Å². The number of alkyl halides is 3. The van der Waals surface area contributed by atoms with Gasteiger partial charge < -0.3 is 29.3 Å². The van der Waals surface area contributed by atoms with Crippen molar-refractivity contribution in [2.24, 2.45) is 10.8 Å². The first-order valence-electron chi connectivity index (χ1n) is 39.3. The molecule has 0 saturated heterocycles. The van der Waals surface area contributed by atoms with Crippen molar-refractivity contribution in [3.05, 3.63) is 385 Å². The molecular weight excluding hydrogens is 1800 g/mol. The molecule has 25 heteroatoms. The molecule has 0 spiro atoms. The summed E-state index contributed by atoms with van der Waals surface area (Å²) in [7, 11) is -0.662. The maximum Gasteiger partial charge on any atom is 0.416 e. The maximum atomic E-state index is 13.6. The third-order valence-corrected chi connectivity index (χ3v) is 29.3. The van der Waals surface area contributed by atoms with E-state index in [1.165, 1.54) is 107 Å². The highest BCUT2D eigenvalue weighted by atomic mass is 35.5. The van der Waals surface area contributed by atoms with Crippen molar-refractivity contribution in [1.29, 1.82) is 0 Å². The Balaban J connectivity index is 0.000000209. The van der Waals surface area contributed by atoms with E-state index in [1.54, 1.807) is 86.6 Å². The van der Waals surface area contributed by atoms with Gasteiger partial charge in [-0.2, -0.15) is 13.2 Å². The first-order valence-corrected chi connectivity index (χ1v) is 46.1. The van der Waals surface area contributed by atoms with E-state index in [0.29, 0.717) is 47.7 Å². The Hall–Kier alpha value is -9.97. The topological polar surface area (TPSA) is 133 Å². The number of esters is 2. The highest BCUT2D eigenvalue weighted by molar-refractivity contribution is 7.98. The Morgan fingerprint density at radius 1 is 0.373 bits per heavy atom. The fraction of sp³-hybridized carbons (Fsp3) is 0.188. The molecule has 0 bridgehead atoms. The molecule has 13 rings (SSSR count). The van der Waals surface area contributed by atoms with Gasteiger partial charge in [0.15, 0.2) is 58.7 Å². The minimum Gasteiger partial charge on any atom is -0.550 e. The summed E-state index contributed by atoms with van der Waals surface area (Å²) in [6, 6.07) is 85.4. The quantitative estimate of drug-likeness (QED) is 0.0319. The molecule has 1 atom stereocenters. The summed E-state index contributed by atoms with van der Waals surface area (Å²) >= 11 is 30.2. The molecule has 8 nitrogen and oxygen atoms in total. The fourth-order valence-corrected chi connectivity index (χ4v) is 20.4. The zero-order valence-electron chi connectivity index (χ0n) is 70.9. The van der Waals surface area contributed by atoms with Gasteiger partial charge >= 0.3 is 18.1 Å². The number of rotatable bonds is 20. The Labute approximate surface area is 768 Å². The molecule has 0 N–H and O–H groups in total. The molecule has 0 heterocycles. The molecule has 0 aliphatic carbocycles. The molecule has 0 radical (unpaired) electrons. The van der Waals surface area contributed by atoms with Gasteiger partial charge in [0.2, 0.25) is 0 Å². The molecule has 0 aliphatic heterocycles. The Morgan fingerprint density at radius 2 is 0.651 bits per heavy atom. The van der Waals surface area contributed by atoms with Gasteiger partial charge in [-0.1, -0.05) is 142 Å². The molecule has 0 aromatic heterocycles. The Kier molecular flexibility index (Phi) is 40.4. The molecule has 0 fully saturated rings. The van der Waals surface area contributed by atoms with Gasteiger partial charge in [0.25, 0.3) is 0 Å². The number of methoxy groups -OCH3 is 1. The van der Waals surface area contributed by atoms with Gasteiger partial charge in [0.05, 0.1) is 67.6 Å². The van der Waals surface area contributed by atoms with Crippen LogP contribution in [0.3, 0.4) is 0 Å². The summed E-state index contributed by atoms with van der Waals surface area (Å²) in [5.74, 6) is -3.35. The number of carbonyl (C=O) groups is 4. The van der Waals surface area contributed by atoms with Gasteiger partial charge in [-0.05, 0) is 306 Å². The van der Waals surface area contributed by atoms with E-state index in [-0.39, 0.29) is 62.2 Å². The predicted octanol–water partition coefficient (Wildman–Crippen LogP) is 28.0. The number of hydrogen-bond acceptors (Lipinski definition) is 8. The number of aliphatic carboxylic acids is 1. The lowest BCUT2D eigenvalue weighted by atomic mass is 9.91. The summed E-state index contributed by atoms with van der Waals surface area (Å²) in [6.45, 7) is 20.4. The van der Waals surface area contributed by atoms with Crippen LogP contribution in [0.4, 0.5) is 35.1 Å². The van der Waals surface area contributed by atoms with Crippen LogP contribution in [0.1, 0.15) is 120 Å². The van der Waals surface area contributed by atoms with Crippen LogP contribution in [0, 0.1) is 53.8 Å². The summed E-state index contributed by atoms with van der Waals surface area (Å²) < 4.78 is 115. The van der Waals surface area contributed by atoms with Crippen LogP contribution < -0.4 is 14.9 Å². The summed E-state index contributed by atoms with van der Waals surface area (Å²) in [6.07, 6.45) is -1.91. The number of carboxylic acid groups (broad SMARTS) is 2. The highest BCUT2D eigenvalue weighted by Crippen LogP contribution is 2.40. The predicted molar refractivity (Wildman–Crippen MR) is 491 cm³/mol. The number of halogens is 13. The van der Waals surface area contributed by atoms with E-state index in [1.807, 2.05) is 139 Å². The number of benzene rings is 13. The third kappa shape index (κ3) is 31.8. The van der Waals surface area contributed by atoms with E-state index in [9.17, 15) is 64.5 Å². The molecule has 13 aromatic rings. The van der Waals surface area contributed by atoms with E-state index in [2.05, 4.69) is 67.1 Å². The molecular formula is C101H93Cl5F8O8S4+2. The first-order chi connectivity index (χ1) is 59.6. The number of hydrogen-bond donors (Lipinski definition) is 0. The number of carboxylic acids is 2. The molecule has 13 aromatic carbocycles.